The van der Waals surface area contributed by atoms with Crippen LogP contribution in [0.25, 0.3) is 0 Å². The van der Waals surface area contributed by atoms with Gasteiger partial charge < -0.3 is 4.74 Å². The van der Waals surface area contributed by atoms with Crippen LogP contribution < -0.4 is 0 Å². The van der Waals surface area contributed by atoms with Crippen LogP contribution in [-0.2, 0) is 14.3 Å². The topological polar surface area (TPSA) is 67.2 Å². The van der Waals surface area contributed by atoms with Gasteiger partial charge in [-0.2, -0.15) is 5.26 Å². The predicted molar refractivity (Wildman–Crippen MR) is 52.5 cm³/mol. The molecule has 3 unspecified atom stereocenters. The van der Waals surface area contributed by atoms with Gasteiger partial charge in [-0.1, -0.05) is 6.08 Å². The third kappa shape index (κ3) is 2.07. The van der Waals surface area contributed by atoms with Crippen LogP contribution in [0, 0.1) is 29.1 Å². The van der Waals surface area contributed by atoms with Crippen LogP contribution in [-0.4, -0.2) is 18.9 Å². The van der Waals surface area contributed by atoms with Crippen LogP contribution in [0.2, 0.25) is 0 Å². The van der Waals surface area contributed by atoms with Gasteiger partial charge in [0.1, 0.15) is 5.78 Å². The van der Waals surface area contributed by atoms with E-state index in [0.717, 1.165) is 0 Å². The Hall–Kier alpha value is -1.63. The largest absolute Gasteiger partial charge is 0.469 e. The molecule has 0 radical (unpaired) electrons. The zero-order chi connectivity index (χ0) is 11.4. The number of carbonyl (C=O) groups excluding carboxylic acids is 2. The lowest BCUT2D eigenvalue weighted by atomic mass is 9.88. The number of nitriles is 1. The summed E-state index contributed by atoms with van der Waals surface area (Å²) >= 11 is 0. The minimum atomic E-state index is -0.600. The minimum Gasteiger partial charge on any atom is -0.469 e. The Bertz CT molecular complexity index is 329. The summed E-state index contributed by atoms with van der Waals surface area (Å²) < 4.78 is 4.57. The first-order chi connectivity index (χ1) is 7.15. The van der Waals surface area contributed by atoms with Crippen molar-refractivity contribution >= 4 is 11.8 Å². The number of methoxy groups -OCH3 is 1. The van der Waals surface area contributed by atoms with Crippen LogP contribution in [0.1, 0.15) is 12.8 Å². The normalized spacial score (nSPS) is 29.6. The van der Waals surface area contributed by atoms with E-state index in [1.807, 2.05) is 6.07 Å². The number of hydrogen-bond donors (Lipinski definition) is 0. The van der Waals surface area contributed by atoms with Gasteiger partial charge in [-0.3, -0.25) is 9.59 Å². The molecule has 4 heteroatoms. The molecule has 1 aliphatic carbocycles. The Kier molecular flexibility index (Phi) is 3.62. The molecule has 1 saturated carbocycles. The zero-order valence-electron chi connectivity index (χ0n) is 8.60. The highest BCUT2D eigenvalue weighted by Crippen LogP contribution is 2.36. The van der Waals surface area contributed by atoms with Crippen molar-refractivity contribution in [2.24, 2.45) is 17.8 Å². The molecule has 80 valence electrons. The average molecular weight is 207 g/mol. The van der Waals surface area contributed by atoms with Gasteiger partial charge in [-0.15, -0.1) is 6.58 Å². The molecular formula is C11H13NO3. The number of ketones is 1. The molecule has 1 fully saturated rings. The fourth-order valence-electron chi connectivity index (χ4n) is 1.99. The van der Waals surface area contributed by atoms with E-state index in [-0.39, 0.29) is 12.2 Å². The van der Waals surface area contributed by atoms with Gasteiger partial charge in [0.2, 0.25) is 0 Å². The molecule has 0 spiro atoms. The summed E-state index contributed by atoms with van der Waals surface area (Å²) in [5, 5.41) is 8.95. The van der Waals surface area contributed by atoms with Crippen LogP contribution in [0.3, 0.4) is 0 Å². The van der Waals surface area contributed by atoms with E-state index < -0.39 is 23.7 Å². The summed E-state index contributed by atoms with van der Waals surface area (Å²) in [7, 11) is 1.27. The molecule has 1 rings (SSSR count). The molecule has 0 saturated heterocycles. The van der Waals surface area contributed by atoms with Crippen molar-refractivity contribution in [1.29, 1.82) is 5.26 Å². The Balaban J connectivity index is 2.87. The molecule has 15 heavy (non-hydrogen) atoms. The molecule has 0 amide bonds. The molecule has 0 N–H and O–H groups in total. The second-order valence-electron chi connectivity index (χ2n) is 3.59. The molecule has 1 aliphatic rings. The Morgan fingerprint density at radius 3 is 2.93 bits per heavy atom. The molecule has 0 heterocycles. The SMILES string of the molecule is C=CCC1C(=O)CC(C(=O)OC)C1C#N. The Labute approximate surface area is 88.5 Å². The fourth-order valence-corrected chi connectivity index (χ4v) is 1.99. The highest BCUT2D eigenvalue weighted by molar-refractivity contribution is 5.91. The van der Waals surface area contributed by atoms with Crippen molar-refractivity contribution < 1.29 is 14.3 Å². The number of ether oxygens (including phenoxy) is 1. The minimum absolute atomic E-state index is 0.0446. The molecule has 0 aliphatic heterocycles. The maximum absolute atomic E-state index is 11.6. The summed E-state index contributed by atoms with van der Waals surface area (Å²) in [6.07, 6.45) is 2.17. The maximum Gasteiger partial charge on any atom is 0.310 e. The number of nitrogens with zero attached hydrogens (tertiary/aromatic N) is 1. The molecule has 3 atom stereocenters. The van der Waals surface area contributed by atoms with Crippen LogP contribution in [0.4, 0.5) is 0 Å². The maximum atomic E-state index is 11.6. The van der Waals surface area contributed by atoms with E-state index in [9.17, 15) is 9.59 Å². The van der Waals surface area contributed by atoms with Gasteiger partial charge in [-0.05, 0) is 6.42 Å². The fraction of sp³-hybridized carbons (Fsp3) is 0.545. The third-order valence-corrected chi connectivity index (χ3v) is 2.78. The molecule has 0 aromatic heterocycles. The number of hydrogen-bond acceptors (Lipinski definition) is 4. The number of rotatable bonds is 3. The summed E-state index contributed by atoms with van der Waals surface area (Å²) in [5.74, 6) is -2.07. The highest BCUT2D eigenvalue weighted by Gasteiger charge is 2.45. The van der Waals surface area contributed by atoms with E-state index in [4.69, 9.17) is 5.26 Å². The third-order valence-electron chi connectivity index (χ3n) is 2.78. The first-order valence-corrected chi connectivity index (χ1v) is 4.76. The van der Waals surface area contributed by atoms with E-state index >= 15 is 0 Å². The quantitative estimate of drug-likeness (QED) is 0.513. The van der Waals surface area contributed by atoms with Crippen LogP contribution in [0.5, 0.6) is 0 Å². The summed E-state index contributed by atoms with van der Waals surface area (Å²) in [6, 6.07) is 2.03. The van der Waals surface area contributed by atoms with Gasteiger partial charge in [0.15, 0.2) is 0 Å². The Morgan fingerprint density at radius 2 is 2.47 bits per heavy atom. The van der Waals surface area contributed by atoms with Crippen molar-refractivity contribution in [2.75, 3.05) is 7.11 Å². The molecule has 4 nitrogen and oxygen atoms in total. The predicted octanol–water partition coefficient (Wildman–Crippen LogP) is 1.08. The monoisotopic (exact) mass is 207 g/mol. The first kappa shape index (κ1) is 11.4. The van der Waals surface area contributed by atoms with Crippen molar-refractivity contribution in [3.8, 4) is 6.07 Å². The summed E-state index contributed by atoms with van der Waals surface area (Å²) in [5.41, 5.74) is 0. The van der Waals surface area contributed by atoms with Gasteiger partial charge in [0, 0.05) is 12.3 Å². The lowest BCUT2D eigenvalue weighted by Crippen LogP contribution is -2.22. The first-order valence-electron chi connectivity index (χ1n) is 4.76. The van der Waals surface area contributed by atoms with E-state index in [2.05, 4.69) is 11.3 Å². The Morgan fingerprint density at radius 1 is 1.80 bits per heavy atom. The van der Waals surface area contributed by atoms with E-state index in [0.29, 0.717) is 6.42 Å². The lowest BCUT2D eigenvalue weighted by Gasteiger charge is -2.13. The van der Waals surface area contributed by atoms with Crippen LogP contribution >= 0.6 is 0 Å². The van der Waals surface area contributed by atoms with Gasteiger partial charge >= 0.3 is 5.97 Å². The van der Waals surface area contributed by atoms with Crippen molar-refractivity contribution in [1.82, 2.24) is 0 Å². The lowest BCUT2D eigenvalue weighted by molar-refractivity contribution is -0.146. The van der Waals surface area contributed by atoms with Crippen molar-refractivity contribution in [3.05, 3.63) is 12.7 Å². The number of carbonyl (C=O) groups is 2. The van der Waals surface area contributed by atoms with E-state index in [1.165, 1.54) is 7.11 Å². The van der Waals surface area contributed by atoms with E-state index in [1.54, 1.807) is 6.08 Å². The standard InChI is InChI=1S/C11H13NO3/c1-3-4-7-9(6-12)8(5-10(7)13)11(14)15-2/h3,7-9H,1,4-5H2,2H3. The van der Waals surface area contributed by atoms with Crippen molar-refractivity contribution in [3.63, 3.8) is 0 Å². The van der Waals surface area contributed by atoms with Crippen molar-refractivity contribution in [2.45, 2.75) is 12.8 Å². The summed E-state index contributed by atoms with van der Waals surface area (Å²) in [6.45, 7) is 3.54. The van der Waals surface area contributed by atoms with Gasteiger partial charge in [-0.25, -0.2) is 0 Å². The van der Waals surface area contributed by atoms with Gasteiger partial charge in [0.05, 0.1) is 25.0 Å². The second kappa shape index (κ2) is 4.74. The highest BCUT2D eigenvalue weighted by atomic mass is 16.5. The molecule has 0 aromatic carbocycles. The average Bonchev–Trinajstić information content (AvgIpc) is 2.55. The zero-order valence-corrected chi connectivity index (χ0v) is 8.60. The number of allylic oxidation sites excluding steroid dienone is 1. The smallest absolute Gasteiger partial charge is 0.310 e. The van der Waals surface area contributed by atoms with Gasteiger partial charge in [0.25, 0.3) is 0 Å². The number of esters is 1. The van der Waals surface area contributed by atoms with Crippen LogP contribution in [0.15, 0.2) is 12.7 Å². The molecule has 0 bridgehead atoms. The molecule has 0 aromatic rings. The summed E-state index contributed by atoms with van der Waals surface area (Å²) in [4.78, 5) is 22.9. The molecular weight excluding hydrogens is 194 g/mol. The number of Topliss-reactive ketones (excluding diaryl/α,β-unsaturated/α-hetero) is 1. The second-order valence-corrected chi connectivity index (χ2v) is 3.59.